The molecule has 0 atom stereocenters. The van der Waals surface area contributed by atoms with Crippen LogP contribution in [-0.2, 0) is 9.53 Å². The van der Waals surface area contributed by atoms with Crippen LogP contribution in [0.25, 0.3) is 0 Å². The molecule has 0 heterocycles. The summed E-state index contributed by atoms with van der Waals surface area (Å²) in [6.45, 7) is 3.66. The zero-order valence-corrected chi connectivity index (χ0v) is 12.5. The normalized spacial score (nSPS) is 9.91. The van der Waals surface area contributed by atoms with Crippen molar-refractivity contribution in [2.75, 3.05) is 11.9 Å². The van der Waals surface area contributed by atoms with Crippen molar-refractivity contribution < 1.29 is 19.4 Å². The first kappa shape index (κ1) is 17.3. The number of aromatic hydroxyl groups is 1. The molecule has 0 bridgehead atoms. The molecule has 6 N–H and O–H groups in total. The Labute approximate surface area is 128 Å². The van der Waals surface area contributed by atoms with Crippen molar-refractivity contribution in [2.45, 2.75) is 26.7 Å². The van der Waals surface area contributed by atoms with Crippen molar-refractivity contribution in [3.63, 3.8) is 0 Å². The van der Waals surface area contributed by atoms with Crippen molar-refractivity contribution in [3.8, 4) is 5.75 Å². The lowest BCUT2D eigenvalue weighted by Gasteiger charge is -2.12. The molecular formula is C14H20N4O4. The number of ether oxygens (including phenoxy) is 1. The van der Waals surface area contributed by atoms with Gasteiger partial charge < -0.3 is 26.6 Å². The first-order valence-electron chi connectivity index (χ1n) is 6.82. The van der Waals surface area contributed by atoms with Gasteiger partial charge in [-0.2, -0.15) is 0 Å². The van der Waals surface area contributed by atoms with E-state index >= 15 is 0 Å². The first-order chi connectivity index (χ1) is 10.4. The number of carbonyl (C=O) groups excluding carboxylic acids is 2. The number of carbonyl (C=O) groups is 2. The van der Waals surface area contributed by atoms with Gasteiger partial charge in [-0.05, 0) is 19.4 Å². The largest absolute Gasteiger partial charge is 0.507 e. The summed E-state index contributed by atoms with van der Waals surface area (Å²) in [5.41, 5.74) is 11.0. The fraction of sp³-hybridized carbons (Fsp3) is 0.357. The Bertz CT molecular complexity index is 595. The molecule has 0 aromatic heterocycles. The van der Waals surface area contributed by atoms with Gasteiger partial charge in [-0.1, -0.05) is 6.92 Å². The Kier molecular flexibility index (Phi) is 6.18. The van der Waals surface area contributed by atoms with Crippen LogP contribution < -0.4 is 16.8 Å². The number of phenolic OH excluding ortho intramolecular Hbond substituents is 1. The Balaban J connectivity index is 3.26. The van der Waals surface area contributed by atoms with Gasteiger partial charge in [-0.15, -0.1) is 0 Å². The van der Waals surface area contributed by atoms with E-state index in [0.29, 0.717) is 12.8 Å². The molecule has 0 radical (unpaired) electrons. The quantitative estimate of drug-likeness (QED) is 0.354. The highest BCUT2D eigenvalue weighted by atomic mass is 16.5. The molecule has 1 rings (SSSR count). The number of hydrogen-bond donors (Lipinski definition) is 4. The van der Waals surface area contributed by atoms with E-state index in [-0.39, 0.29) is 41.2 Å². The van der Waals surface area contributed by atoms with Crippen LogP contribution in [0.2, 0.25) is 0 Å². The summed E-state index contributed by atoms with van der Waals surface area (Å²) in [7, 11) is 0. The number of amides is 1. The Morgan fingerprint density at radius 1 is 1.32 bits per heavy atom. The summed E-state index contributed by atoms with van der Waals surface area (Å²) in [6.07, 6.45) is 0.970. The van der Waals surface area contributed by atoms with E-state index in [4.69, 9.17) is 16.2 Å². The summed E-state index contributed by atoms with van der Waals surface area (Å²) >= 11 is 0. The monoisotopic (exact) mass is 308 g/mol. The minimum atomic E-state index is -0.710. The molecule has 1 aromatic rings. The number of nitrogens with zero attached hydrogens (tertiary/aromatic N) is 1. The zero-order chi connectivity index (χ0) is 16.7. The Morgan fingerprint density at radius 2 is 2.00 bits per heavy atom. The SMILES string of the molecule is CCCC(=O)Nc1cc(O)c(C(=O)OCC)cc1N=C(N)N. The second-order valence-electron chi connectivity index (χ2n) is 4.44. The highest BCUT2D eigenvalue weighted by molar-refractivity contribution is 5.99. The fourth-order valence-electron chi connectivity index (χ4n) is 1.72. The number of anilines is 1. The Morgan fingerprint density at radius 3 is 2.55 bits per heavy atom. The van der Waals surface area contributed by atoms with Crippen molar-refractivity contribution in [2.24, 2.45) is 16.5 Å². The molecule has 0 aliphatic carbocycles. The molecule has 0 saturated carbocycles. The third-order valence-electron chi connectivity index (χ3n) is 2.61. The van der Waals surface area contributed by atoms with Gasteiger partial charge in [-0.3, -0.25) is 4.79 Å². The molecule has 120 valence electrons. The van der Waals surface area contributed by atoms with Gasteiger partial charge in [0.2, 0.25) is 5.91 Å². The van der Waals surface area contributed by atoms with Gasteiger partial charge in [-0.25, -0.2) is 9.79 Å². The summed E-state index contributed by atoms with van der Waals surface area (Å²) < 4.78 is 4.83. The highest BCUT2D eigenvalue weighted by Gasteiger charge is 2.17. The van der Waals surface area contributed by atoms with E-state index in [1.165, 1.54) is 12.1 Å². The lowest BCUT2D eigenvalue weighted by Crippen LogP contribution is -2.22. The standard InChI is InChI=1S/C14H20N4O4/c1-3-5-12(20)17-10-7-11(19)8(13(21)22-4-2)6-9(10)18-14(15)16/h6-7,19H,3-5H2,1-2H3,(H,17,20)(H4,15,16,18). The lowest BCUT2D eigenvalue weighted by atomic mass is 10.1. The summed E-state index contributed by atoms with van der Waals surface area (Å²) in [4.78, 5) is 27.3. The molecule has 1 amide bonds. The average molecular weight is 308 g/mol. The Hall–Kier alpha value is -2.77. The van der Waals surface area contributed by atoms with Crippen LogP contribution in [0.5, 0.6) is 5.75 Å². The number of esters is 1. The van der Waals surface area contributed by atoms with Crippen LogP contribution in [0.1, 0.15) is 37.0 Å². The smallest absolute Gasteiger partial charge is 0.341 e. The predicted octanol–water partition coefficient (Wildman–Crippen LogP) is 1.21. The second-order valence-corrected chi connectivity index (χ2v) is 4.44. The summed E-state index contributed by atoms with van der Waals surface area (Å²) in [5.74, 6) is -1.54. The third-order valence-corrected chi connectivity index (χ3v) is 2.61. The van der Waals surface area contributed by atoms with Crippen LogP contribution in [0.3, 0.4) is 0 Å². The van der Waals surface area contributed by atoms with Gasteiger partial charge in [0.1, 0.15) is 11.3 Å². The number of hydrogen-bond acceptors (Lipinski definition) is 5. The van der Waals surface area contributed by atoms with E-state index in [1.807, 2.05) is 6.92 Å². The average Bonchev–Trinajstić information content (AvgIpc) is 2.41. The highest BCUT2D eigenvalue weighted by Crippen LogP contribution is 2.33. The molecule has 0 spiro atoms. The maximum absolute atomic E-state index is 11.8. The molecule has 22 heavy (non-hydrogen) atoms. The van der Waals surface area contributed by atoms with Crippen molar-refractivity contribution in [1.82, 2.24) is 0 Å². The molecule has 1 aromatic carbocycles. The van der Waals surface area contributed by atoms with Crippen LogP contribution in [-0.4, -0.2) is 29.5 Å². The minimum Gasteiger partial charge on any atom is -0.507 e. The molecule has 0 unspecified atom stereocenters. The number of guanidine groups is 1. The van der Waals surface area contributed by atoms with E-state index in [0.717, 1.165) is 0 Å². The summed E-state index contributed by atoms with van der Waals surface area (Å²) in [5, 5.41) is 12.5. The molecule has 0 aliphatic rings. The van der Waals surface area contributed by atoms with E-state index in [2.05, 4.69) is 10.3 Å². The second kappa shape index (κ2) is 7.87. The van der Waals surface area contributed by atoms with Crippen LogP contribution in [0, 0.1) is 0 Å². The van der Waals surface area contributed by atoms with Crippen molar-refractivity contribution in [3.05, 3.63) is 17.7 Å². The van der Waals surface area contributed by atoms with Gasteiger partial charge in [0, 0.05) is 12.5 Å². The van der Waals surface area contributed by atoms with Crippen LogP contribution >= 0.6 is 0 Å². The predicted molar refractivity (Wildman–Crippen MR) is 83.1 cm³/mol. The summed E-state index contributed by atoms with van der Waals surface area (Å²) in [6, 6.07) is 2.47. The van der Waals surface area contributed by atoms with Gasteiger partial charge >= 0.3 is 5.97 Å². The number of nitrogens with two attached hydrogens (primary N) is 2. The van der Waals surface area contributed by atoms with E-state index in [1.54, 1.807) is 6.92 Å². The molecular weight excluding hydrogens is 288 g/mol. The molecule has 0 saturated heterocycles. The molecule has 8 nitrogen and oxygen atoms in total. The van der Waals surface area contributed by atoms with Crippen molar-refractivity contribution in [1.29, 1.82) is 0 Å². The zero-order valence-electron chi connectivity index (χ0n) is 12.5. The topological polar surface area (TPSA) is 140 Å². The number of benzene rings is 1. The number of rotatable bonds is 6. The number of phenols is 1. The van der Waals surface area contributed by atoms with Gasteiger partial charge in [0.05, 0.1) is 18.0 Å². The first-order valence-corrected chi connectivity index (χ1v) is 6.82. The minimum absolute atomic E-state index is 0.0876. The number of aliphatic imine (C=N–C) groups is 1. The van der Waals surface area contributed by atoms with Crippen LogP contribution in [0.15, 0.2) is 17.1 Å². The van der Waals surface area contributed by atoms with E-state index < -0.39 is 5.97 Å². The van der Waals surface area contributed by atoms with Gasteiger partial charge in [0.25, 0.3) is 0 Å². The lowest BCUT2D eigenvalue weighted by molar-refractivity contribution is -0.116. The molecule has 0 aliphatic heterocycles. The maximum Gasteiger partial charge on any atom is 0.341 e. The fourth-order valence-corrected chi connectivity index (χ4v) is 1.72. The maximum atomic E-state index is 11.8. The number of nitrogens with one attached hydrogen (secondary N) is 1. The van der Waals surface area contributed by atoms with Crippen LogP contribution in [0.4, 0.5) is 11.4 Å². The van der Waals surface area contributed by atoms with E-state index in [9.17, 15) is 14.7 Å². The third kappa shape index (κ3) is 4.65. The molecule has 8 heteroatoms. The van der Waals surface area contributed by atoms with Crippen molar-refractivity contribution >= 4 is 29.2 Å². The van der Waals surface area contributed by atoms with Gasteiger partial charge in [0.15, 0.2) is 5.96 Å². The molecule has 0 fully saturated rings.